The van der Waals surface area contributed by atoms with Gasteiger partial charge in [-0.3, -0.25) is 4.90 Å². The highest BCUT2D eigenvalue weighted by Crippen LogP contribution is 2.37. The largest absolute Gasteiger partial charge is 0.446 e. The van der Waals surface area contributed by atoms with Crippen LogP contribution in [-0.2, 0) is 4.74 Å². The molecular formula is C14H21F3N2OS. The average molecular weight is 322 g/mol. The standard InChI is InChI=1S/C14H21F3N2OS/c1-10(9-20-3)19(2)13(8-18)11-4-6-12(7-5-11)21-14(15,16)17/h4-7,10,13H,8-9,18H2,1-3H3. The maximum Gasteiger partial charge on any atom is 0.446 e. The molecule has 0 heterocycles. The summed E-state index contributed by atoms with van der Waals surface area (Å²) in [6, 6.07) is 6.45. The van der Waals surface area contributed by atoms with Crippen molar-refractivity contribution in [3.63, 3.8) is 0 Å². The van der Waals surface area contributed by atoms with Crippen LogP contribution < -0.4 is 5.73 Å². The molecule has 0 radical (unpaired) electrons. The van der Waals surface area contributed by atoms with Crippen LogP contribution >= 0.6 is 11.8 Å². The number of ether oxygens (including phenoxy) is 1. The van der Waals surface area contributed by atoms with E-state index in [1.807, 2.05) is 14.0 Å². The number of hydrogen-bond donors (Lipinski definition) is 1. The van der Waals surface area contributed by atoms with E-state index in [0.717, 1.165) is 5.56 Å². The number of halogens is 3. The molecule has 120 valence electrons. The summed E-state index contributed by atoms with van der Waals surface area (Å²) in [6.07, 6.45) is 0. The minimum Gasteiger partial charge on any atom is -0.383 e. The summed E-state index contributed by atoms with van der Waals surface area (Å²) in [5.74, 6) is 0. The molecule has 1 aromatic rings. The van der Waals surface area contributed by atoms with E-state index < -0.39 is 5.51 Å². The Bertz CT molecular complexity index is 425. The molecule has 1 aromatic carbocycles. The Hall–Kier alpha value is -0.760. The highest BCUT2D eigenvalue weighted by molar-refractivity contribution is 8.00. The van der Waals surface area contributed by atoms with E-state index in [0.29, 0.717) is 13.2 Å². The van der Waals surface area contributed by atoms with Crippen molar-refractivity contribution in [3.05, 3.63) is 29.8 Å². The molecule has 7 heteroatoms. The van der Waals surface area contributed by atoms with Crippen molar-refractivity contribution in [2.45, 2.75) is 29.4 Å². The van der Waals surface area contributed by atoms with Crippen LogP contribution in [0, 0.1) is 0 Å². The fourth-order valence-electron chi connectivity index (χ4n) is 2.10. The fourth-order valence-corrected chi connectivity index (χ4v) is 2.63. The monoisotopic (exact) mass is 322 g/mol. The van der Waals surface area contributed by atoms with Gasteiger partial charge in [-0.1, -0.05) is 12.1 Å². The summed E-state index contributed by atoms with van der Waals surface area (Å²) in [4.78, 5) is 2.24. The molecule has 0 spiro atoms. The van der Waals surface area contributed by atoms with Gasteiger partial charge < -0.3 is 10.5 Å². The normalized spacial score (nSPS) is 15.2. The minimum absolute atomic E-state index is 0.0555. The van der Waals surface area contributed by atoms with Crippen LogP contribution in [-0.4, -0.2) is 43.8 Å². The second kappa shape index (κ2) is 8.03. The first kappa shape index (κ1) is 18.3. The molecule has 0 aliphatic rings. The van der Waals surface area contributed by atoms with Gasteiger partial charge in [0.25, 0.3) is 0 Å². The van der Waals surface area contributed by atoms with Crippen molar-refractivity contribution in [2.24, 2.45) is 5.73 Å². The van der Waals surface area contributed by atoms with Crippen molar-refractivity contribution in [1.82, 2.24) is 4.90 Å². The highest BCUT2D eigenvalue weighted by atomic mass is 32.2. The molecule has 2 N–H and O–H groups in total. The number of rotatable bonds is 7. The molecule has 0 amide bonds. The molecular weight excluding hydrogens is 301 g/mol. The van der Waals surface area contributed by atoms with Crippen molar-refractivity contribution in [3.8, 4) is 0 Å². The average Bonchev–Trinajstić information content (AvgIpc) is 2.40. The second-order valence-corrected chi connectivity index (χ2v) is 5.98. The molecule has 0 aliphatic heterocycles. The van der Waals surface area contributed by atoms with E-state index in [-0.39, 0.29) is 28.7 Å². The van der Waals surface area contributed by atoms with Gasteiger partial charge >= 0.3 is 5.51 Å². The van der Waals surface area contributed by atoms with Gasteiger partial charge in [-0.15, -0.1) is 0 Å². The molecule has 0 bridgehead atoms. The third-order valence-corrected chi connectivity index (χ3v) is 4.06. The van der Waals surface area contributed by atoms with Crippen LogP contribution in [0.5, 0.6) is 0 Å². The summed E-state index contributed by atoms with van der Waals surface area (Å²) >= 11 is -0.113. The highest BCUT2D eigenvalue weighted by Gasteiger charge is 2.29. The van der Waals surface area contributed by atoms with E-state index >= 15 is 0 Å². The quantitative estimate of drug-likeness (QED) is 0.782. The molecule has 0 fully saturated rings. The van der Waals surface area contributed by atoms with Crippen LogP contribution in [0.3, 0.4) is 0 Å². The zero-order valence-electron chi connectivity index (χ0n) is 12.4. The number of benzene rings is 1. The van der Waals surface area contributed by atoms with Crippen molar-refractivity contribution in [2.75, 3.05) is 27.3 Å². The van der Waals surface area contributed by atoms with Crippen LogP contribution in [0.1, 0.15) is 18.5 Å². The smallest absolute Gasteiger partial charge is 0.383 e. The van der Waals surface area contributed by atoms with Crippen molar-refractivity contribution >= 4 is 11.8 Å². The summed E-state index contributed by atoms with van der Waals surface area (Å²) < 4.78 is 42.0. The number of alkyl halides is 3. The van der Waals surface area contributed by atoms with Gasteiger partial charge in [-0.25, -0.2) is 0 Å². The Labute approximate surface area is 127 Å². The summed E-state index contributed by atoms with van der Waals surface area (Å²) in [7, 11) is 3.56. The Morgan fingerprint density at radius 1 is 1.29 bits per heavy atom. The predicted octanol–water partition coefficient (Wildman–Crippen LogP) is 3.27. The maximum absolute atomic E-state index is 12.3. The fraction of sp³-hybridized carbons (Fsp3) is 0.571. The van der Waals surface area contributed by atoms with E-state index in [1.165, 1.54) is 12.1 Å². The first-order chi connectivity index (χ1) is 9.78. The first-order valence-electron chi connectivity index (χ1n) is 6.55. The molecule has 2 atom stereocenters. The second-order valence-electron chi connectivity index (χ2n) is 4.84. The molecule has 0 saturated heterocycles. The summed E-state index contributed by atoms with van der Waals surface area (Å²) in [5.41, 5.74) is 2.44. The Morgan fingerprint density at radius 2 is 1.86 bits per heavy atom. The summed E-state index contributed by atoms with van der Waals surface area (Å²) in [6.45, 7) is 2.96. The maximum atomic E-state index is 12.3. The Balaban J connectivity index is 2.82. The number of thioether (sulfide) groups is 1. The van der Waals surface area contributed by atoms with Crippen LogP contribution in [0.2, 0.25) is 0 Å². The third kappa shape index (κ3) is 5.86. The predicted molar refractivity (Wildman–Crippen MR) is 79.3 cm³/mol. The van der Waals surface area contributed by atoms with E-state index in [4.69, 9.17) is 10.5 Å². The topological polar surface area (TPSA) is 38.5 Å². The molecule has 1 rings (SSSR count). The third-order valence-electron chi connectivity index (χ3n) is 3.32. The van der Waals surface area contributed by atoms with E-state index in [1.54, 1.807) is 19.2 Å². The van der Waals surface area contributed by atoms with Crippen LogP contribution in [0.25, 0.3) is 0 Å². The van der Waals surface area contributed by atoms with Gasteiger partial charge in [0.2, 0.25) is 0 Å². The van der Waals surface area contributed by atoms with E-state index in [2.05, 4.69) is 4.90 Å². The number of methoxy groups -OCH3 is 1. The molecule has 0 aliphatic carbocycles. The lowest BCUT2D eigenvalue weighted by molar-refractivity contribution is -0.0328. The number of likely N-dealkylation sites (N-methyl/N-ethyl adjacent to an activating group) is 1. The lowest BCUT2D eigenvalue weighted by Crippen LogP contribution is -2.39. The van der Waals surface area contributed by atoms with E-state index in [9.17, 15) is 13.2 Å². The molecule has 0 aromatic heterocycles. The van der Waals surface area contributed by atoms with Gasteiger partial charge in [0.1, 0.15) is 0 Å². The lowest BCUT2D eigenvalue weighted by Gasteiger charge is -2.32. The molecule has 21 heavy (non-hydrogen) atoms. The van der Waals surface area contributed by atoms with Gasteiger partial charge in [0.05, 0.1) is 6.61 Å². The zero-order valence-corrected chi connectivity index (χ0v) is 13.2. The van der Waals surface area contributed by atoms with Gasteiger partial charge in [-0.2, -0.15) is 13.2 Å². The SMILES string of the molecule is COCC(C)N(C)C(CN)c1ccc(SC(F)(F)F)cc1. The molecule has 0 saturated carbocycles. The molecule has 2 unspecified atom stereocenters. The van der Waals surface area contributed by atoms with Crippen molar-refractivity contribution < 1.29 is 17.9 Å². The summed E-state index contributed by atoms with van der Waals surface area (Å²) in [5, 5.41) is 0. The van der Waals surface area contributed by atoms with Crippen LogP contribution in [0.15, 0.2) is 29.2 Å². The Kier molecular flexibility index (Phi) is 6.99. The molecule has 3 nitrogen and oxygen atoms in total. The lowest BCUT2D eigenvalue weighted by atomic mass is 10.0. The number of nitrogens with two attached hydrogens (primary N) is 1. The Morgan fingerprint density at radius 3 is 2.29 bits per heavy atom. The number of nitrogens with zero attached hydrogens (tertiary/aromatic N) is 1. The zero-order chi connectivity index (χ0) is 16.0. The minimum atomic E-state index is -4.27. The van der Waals surface area contributed by atoms with Crippen LogP contribution in [0.4, 0.5) is 13.2 Å². The van der Waals surface area contributed by atoms with Gasteiger partial charge in [0.15, 0.2) is 0 Å². The van der Waals surface area contributed by atoms with Crippen molar-refractivity contribution in [1.29, 1.82) is 0 Å². The number of hydrogen-bond acceptors (Lipinski definition) is 4. The van der Waals surface area contributed by atoms with Gasteiger partial charge in [-0.05, 0) is 43.4 Å². The first-order valence-corrected chi connectivity index (χ1v) is 7.36. The van der Waals surface area contributed by atoms with Gasteiger partial charge in [0, 0.05) is 30.6 Å².